The van der Waals surface area contributed by atoms with Crippen LogP contribution in [0.25, 0.3) is 0 Å². The van der Waals surface area contributed by atoms with Gasteiger partial charge in [-0.05, 0) is 12.8 Å². The van der Waals surface area contributed by atoms with Crippen molar-refractivity contribution in [1.29, 1.82) is 0 Å². The largest absolute Gasteiger partial charge is 0.376 e. The molecule has 0 saturated carbocycles. The Bertz CT molecular complexity index is 318. The molecule has 2 rings (SSSR count). The Hall–Kier alpha value is -1.63. The maximum absolute atomic E-state index is 5.44. The lowest BCUT2D eigenvalue weighted by atomic mass is 10.2. The molecule has 5 N–H and O–H groups in total. The second-order valence-electron chi connectivity index (χ2n) is 3.39. The molecule has 0 bridgehead atoms. The smallest absolute Gasteiger partial charge is 0.229 e. The molecule has 0 spiro atoms. The average molecular weight is 210 g/mol. The van der Waals surface area contributed by atoms with Gasteiger partial charge in [-0.2, -0.15) is 15.0 Å². The summed E-state index contributed by atoms with van der Waals surface area (Å²) in [5.41, 5.74) is 10.9. The van der Waals surface area contributed by atoms with Crippen LogP contribution < -0.4 is 16.8 Å². The molecule has 1 aromatic rings. The van der Waals surface area contributed by atoms with Crippen LogP contribution in [-0.2, 0) is 4.74 Å². The van der Waals surface area contributed by atoms with E-state index in [1.165, 1.54) is 0 Å². The van der Waals surface area contributed by atoms with Gasteiger partial charge in [0.05, 0.1) is 6.10 Å². The maximum atomic E-state index is 5.44. The molecule has 7 heteroatoms. The minimum absolute atomic E-state index is 0.123. The lowest BCUT2D eigenvalue weighted by Crippen LogP contribution is -2.20. The summed E-state index contributed by atoms with van der Waals surface area (Å²) in [7, 11) is 0. The van der Waals surface area contributed by atoms with Gasteiger partial charge in [0.2, 0.25) is 17.8 Å². The topological polar surface area (TPSA) is 112 Å². The number of nitrogens with one attached hydrogen (secondary N) is 1. The summed E-state index contributed by atoms with van der Waals surface area (Å²) in [6.45, 7) is 1.50. The van der Waals surface area contributed by atoms with E-state index in [1.807, 2.05) is 0 Å². The van der Waals surface area contributed by atoms with Crippen LogP contribution in [0.15, 0.2) is 0 Å². The van der Waals surface area contributed by atoms with E-state index in [0.29, 0.717) is 12.5 Å². The molecular formula is C8H14N6O. The highest BCUT2D eigenvalue weighted by atomic mass is 16.5. The van der Waals surface area contributed by atoms with E-state index in [4.69, 9.17) is 16.2 Å². The fraction of sp³-hybridized carbons (Fsp3) is 0.625. The minimum Gasteiger partial charge on any atom is -0.376 e. The molecule has 0 aromatic carbocycles. The van der Waals surface area contributed by atoms with E-state index in [1.54, 1.807) is 0 Å². The summed E-state index contributed by atoms with van der Waals surface area (Å²) < 4.78 is 5.44. The SMILES string of the molecule is Nc1nc(N)nc(NCC2CCCO2)n1. The Morgan fingerprint density at radius 2 is 2.00 bits per heavy atom. The standard InChI is InChI=1S/C8H14N6O/c9-6-12-7(10)14-8(13-6)11-4-5-2-1-3-15-5/h5H,1-4H2,(H5,9,10,11,12,13,14). The molecule has 7 nitrogen and oxygen atoms in total. The van der Waals surface area contributed by atoms with Crippen LogP contribution in [0.5, 0.6) is 0 Å². The summed E-state index contributed by atoms with van der Waals surface area (Å²) in [6.07, 6.45) is 2.39. The first kappa shape index (κ1) is 9.91. The number of nitrogen functional groups attached to an aromatic ring is 2. The first-order valence-corrected chi connectivity index (χ1v) is 4.86. The fourth-order valence-corrected chi connectivity index (χ4v) is 1.50. The molecule has 1 aromatic heterocycles. The van der Waals surface area contributed by atoms with Crippen molar-refractivity contribution in [2.75, 3.05) is 29.9 Å². The van der Waals surface area contributed by atoms with Crippen molar-refractivity contribution in [2.24, 2.45) is 0 Å². The molecule has 82 valence electrons. The third-order valence-corrected chi connectivity index (χ3v) is 2.18. The molecule has 15 heavy (non-hydrogen) atoms. The van der Waals surface area contributed by atoms with Crippen LogP contribution in [0.2, 0.25) is 0 Å². The first-order valence-electron chi connectivity index (χ1n) is 4.86. The number of anilines is 3. The molecule has 1 unspecified atom stereocenters. The van der Waals surface area contributed by atoms with Crippen molar-refractivity contribution in [2.45, 2.75) is 18.9 Å². The zero-order valence-corrected chi connectivity index (χ0v) is 8.31. The average Bonchev–Trinajstić information content (AvgIpc) is 2.65. The molecule has 0 aliphatic carbocycles. The van der Waals surface area contributed by atoms with Gasteiger partial charge in [0.15, 0.2) is 0 Å². The normalized spacial score (nSPS) is 20.4. The number of hydrogen-bond donors (Lipinski definition) is 3. The highest BCUT2D eigenvalue weighted by Gasteiger charge is 2.15. The molecule has 1 aliphatic heterocycles. The van der Waals surface area contributed by atoms with E-state index >= 15 is 0 Å². The van der Waals surface area contributed by atoms with Gasteiger partial charge in [-0.3, -0.25) is 0 Å². The number of aromatic nitrogens is 3. The minimum atomic E-state index is 0.123. The van der Waals surface area contributed by atoms with Gasteiger partial charge in [-0.1, -0.05) is 0 Å². The lowest BCUT2D eigenvalue weighted by Gasteiger charge is -2.10. The fourth-order valence-electron chi connectivity index (χ4n) is 1.50. The maximum Gasteiger partial charge on any atom is 0.229 e. The van der Waals surface area contributed by atoms with Crippen molar-refractivity contribution < 1.29 is 4.74 Å². The second kappa shape index (κ2) is 4.26. The third-order valence-electron chi connectivity index (χ3n) is 2.18. The third kappa shape index (κ3) is 2.66. The highest BCUT2D eigenvalue weighted by molar-refractivity contribution is 5.37. The van der Waals surface area contributed by atoms with Gasteiger partial charge < -0.3 is 21.5 Å². The van der Waals surface area contributed by atoms with Crippen LogP contribution >= 0.6 is 0 Å². The molecule has 1 saturated heterocycles. The van der Waals surface area contributed by atoms with E-state index in [-0.39, 0.29) is 18.0 Å². The Kier molecular flexibility index (Phi) is 2.82. The summed E-state index contributed by atoms with van der Waals surface area (Å²) >= 11 is 0. The zero-order chi connectivity index (χ0) is 10.7. The number of nitrogens with two attached hydrogens (primary N) is 2. The predicted molar refractivity (Wildman–Crippen MR) is 56.1 cm³/mol. The molecule has 1 atom stereocenters. The summed E-state index contributed by atoms with van der Waals surface area (Å²) in [5.74, 6) is 0.644. The molecule has 0 amide bonds. The van der Waals surface area contributed by atoms with Gasteiger partial charge in [0.1, 0.15) is 0 Å². The molecule has 0 radical (unpaired) electrons. The van der Waals surface area contributed by atoms with Gasteiger partial charge in [0, 0.05) is 13.2 Å². The molecular weight excluding hydrogens is 196 g/mol. The lowest BCUT2D eigenvalue weighted by molar-refractivity contribution is 0.120. The number of hydrogen-bond acceptors (Lipinski definition) is 7. The van der Waals surface area contributed by atoms with Crippen LogP contribution in [0, 0.1) is 0 Å². The number of ether oxygens (including phenoxy) is 1. The summed E-state index contributed by atoms with van der Waals surface area (Å²) in [5, 5.41) is 3.02. The Morgan fingerprint density at radius 1 is 1.27 bits per heavy atom. The van der Waals surface area contributed by atoms with Crippen molar-refractivity contribution >= 4 is 17.8 Å². The Morgan fingerprint density at radius 3 is 2.60 bits per heavy atom. The molecule has 2 heterocycles. The van der Waals surface area contributed by atoms with Gasteiger partial charge >= 0.3 is 0 Å². The van der Waals surface area contributed by atoms with E-state index in [9.17, 15) is 0 Å². The highest BCUT2D eigenvalue weighted by Crippen LogP contribution is 2.12. The van der Waals surface area contributed by atoms with E-state index in [2.05, 4.69) is 20.3 Å². The van der Waals surface area contributed by atoms with Crippen LogP contribution in [0.3, 0.4) is 0 Å². The Labute approximate surface area is 87.3 Å². The van der Waals surface area contributed by atoms with Crippen molar-refractivity contribution in [3.63, 3.8) is 0 Å². The molecule has 1 aliphatic rings. The quantitative estimate of drug-likeness (QED) is 0.623. The van der Waals surface area contributed by atoms with Crippen molar-refractivity contribution in [1.82, 2.24) is 15.0 Å². The second-order valence-corrected chi connectivity index (χ2v) is 3.39. The van der Waals surface area contributed by atoms with Gasteiger partial charge in [0.25, 0.3) is 0 Å². The molecule has 1 fully saturated rings. The van der Waals surface area contributed by atoms with E-state index < -0.39 is 0 Å². The van der Waals surface area contributed by atoms with Crippen molar-refractivity contribution in [3.8, 4) is 0 Å². The monoisotopic (exact) mass is 210 g/mol. The first-order chi connectivity index (χ1) is 7.24. The van der Waals surface area contributed by atoms with Crippen LogP contribution in [-0.4, -0.2) is 34.2 Å². The van der Waals surface area contributed by atoms with Crippen LogP contribution in [0.4, 0.5) is 17.8 Å². The van der Waals surface area contributed by atoms with Gasteiger partial charge in [-0.15, -0.1) is 0 Å². The predicted octanol–water partition coefficient (Wildman–Crippen LogP) is -0.373. The number of rotatable bonds is 3. The summed E-state index contributed by atoms with van der Waals surface area (Å²) in [4.78, 5) is 11.5. The number of nitrogens with zero attached hydrogens (tertiary/aromatic N) is 3. The Balaban J connectivity index is 1.92. The van der Waals surface area contributed by atoms with Crippen molar-refractivity contribution in [3.05, 3.63) is 0 Å². The summed E-state index contributed by atoms with van der Waals surface area (Å²) in [6, 6.07) is 0. The zero-order valence-electron chi connectivity index (χ0n) is 8.31. The van der Waals surface area contributed by atoms with E-state index in [0.717, 1.165) is 19.4 Å². The van der Waals surface area contributed by atoms with Gasteiger partial charge in [-0.25, -0.2) is 0 Å². The van der Waals surface area contributed by atoms with Crippen LogP contribution in [0.1, 0.15) is 12.8 Å².